The lowest BCUT2D eigenvalue weighted by molar-refractivity contribution is -0.109. The molecular formula is C19H18N2O2. The summed E-state index contributed by atoms with van der Waals surface area (Å²) in [6.45, 7) is 2.16. The smallest absolute Gasteiger partial charge is 0.227 e. The highest BCUT2D eigenvalue weighted by molar-refractivity contribution is 5.91. The van der Waals surface area contributed by atoms with E-state index in [1.807, 2.05) is 6.07 Å². The number of fused-ring (bicyclic) bond motifs is 1. The van der Waals surface area contributed by atoms with Gasteiger partial charge in [0.15, 0.2) is 0 Å². The van der Waals surface area contributed by atoms with Gasteiger partial charge >= 0.3 is 0 Å². The van der Waals surface area contributed by atoms with Crippen LogP contribution in [0.25, 0.3) is 5.57 Å². The van der Waals surface area contributed by atoms with Gasteiger partial charge in [-0.05, 0) is 47.7 Å². The van der Waals surface area contributed by atoms with Crippen LogP contribution in [0.15, 0.2) is 53.1 Å². The Bertz CT molecular complexity index is 793. The molecule has 0 unspecified atom stereocenters. The number of carbonyl (C=O) groups is 1. The minimum absolute atomic E-state index is 0.537. The lowest BCUT2D eigenvalue weighted by Crippen LogP contribution is -2.02. The molecule has 23 heavy (non-hydrogen) atoms. The molecule has 0 aromatic heterocycles. The van der Waals surface area contributed by atoms with Crippen LogP contribution in [0.2, 0.25) is 0 Å². The number of rotatable bonds is 5. The topological polar surface area (TPSA) is 50.7 Å². The van der Waals surface area contributed by atoms with Gasteiger partial charge < -0.3 is 4.74 Å². The molecule has 1 aliphatic rings. The number of amides is 1. The van der Waals surface area contributed by atoms with Crippen molar-refractivity contribution in [3.63, 3.8) is 0 Å². The molecule has 4 nitrogen and oxygen atoms in total. The van der Waals surface area contributed by atoms with Crippen LogP contribution in [0.3, 0.4) is 0 Å². The minimum atomic E-state index is 0.537. The van der Waals surface area contributed by atoms with E-state index in [4.69, 9.17) is 4.74 Å². The minimum Gasteiger partial charge on any atom is -0.496 e. The van der Waals surface area contributed by atoms with Crippen LogP contribution in [-0.2, 0) is 11.2 Å². The second-order valence-corrected chi connectivity index (χ2v) is 5.45. The van der Waals surface area contributed by atoms with Gasteiger partial charge in [-0.25, -0.2) is 5.43 Å². The van der Waals surface area contributed by atoms with Crippen LogP contribution in [0.1, 0.15) is 29.2 Å². The van der Waals surface area contributed by atoms with E-state index in [2.05, 4.69) is 53.8 Å². The fourth-order valence-corrected chi connectivity index (χ4v) is 3.05. The third-order valence-electron chi connectivity index (χ3n) is 4.00. The number of hydrazone groups is 1. The molecule has 0 spiro atoms. The SMILES string of the molecule is COc1cc2c(cc1C=NNC=O)CC(C)=C2c1ccccc1. The van der Waals surface area contributed by atoms with Crippen LogP contribution >= 0.6 is 0 Å². The number of nitrogens with zero attached hydrogens (tertiary/aromatic N) is 1. The van der Waals surface area contributed by atoms with Crippen molar-refractivity contribution < 1.29 is 9.53 Å². The van der Waals surface area contributed by atoms with Crippen molar-refractivity contribution >= 4 is 18.2 Å². The summed E-state index contributed by atoms with van der Waals surface area (Å²) in [5.41, 5.74) is 9.41. The Balaban J connectivity index is 2.06. The fraction of sp³-hybridized carbons (Fsp3) is 0.158. The normalized spacial score (nSPS) is 13.3. The van der Waals surface area contributed by atoms with Gasteiger partial charge in [0.05, 0.1) is 13.3 Å². The molecule has 4 heteroatoms. The first-order valence-electron chi connectivity index (χ1n) is 7.43. The molecule has 1 N–H and O–H groups in total. The van der Waals surface area contributed by atoms with Crippen LogP contribution in [0.4, 0.5) is 0 Å². The second kappa shape index (κ2) is 6.48. The molecule has 1 aliphatic carbocycles. The van der Waals surface area contributed by atoms with Gasteiger partial charge in [0, 0.05) is 5.56 Å². The first-order chi connectivity index (χ1) is 11.2. The Morgan fingerprint density at radius 2 is 2.00 bits per heavy atom. The van der Waals surface area contributed by atoms with E-state index in [-0.39, 0.29) is 0 Å². The maximum atomic E-state index is 10.3. The first-order valence-corrected chi connectivity index (χ1v) is 7.43. The van der Waals surface area contributed by atoms with E-state index >= 15 is 0 Å². The van der Waals surface area contributed by atoms with Gasteiger partial charge in [-0.3, -0.25) is 4.79 Å². The second-order valence-electron chi connectivity index (χ2n) is 5.45. The fourth-order valence-electron chi connectivity index (χ4n) is 3.05. The van der Waals surface area contributed by atoms with Gasteiger partial charge in [0.25, 0.3) is 0 Å². The average Bonchev–Trinajstić information content (AvgIpc) is 2.89. The Morgan fingerprint density at radius 3 is 2.70 bits per heavy atom. The summed E-state index contributed by atoms with van der Waals surface area (Å²) in [5, 5.41) is 3.85. The molecule has 0 radical (unpaired) electrons. The van der Waals surface area contributed by atoms with Gasteiger partial charge in [-0.15, -0.1) is 0 Å². The maximum absolute atomic E-state index is 10.3. The summed E-state index contributed by atoms with van der Waals surface area (Å²) in [6.07, 6.45) is 3.05. The number of allylic oxidation sites excluding steroid dienone is 1. The van der Waals surface area contributed by atoms with E-state index in [9.17, 15) is 4.79 Å². The molecule has 1 amide bonds. The highest BCUT2D eigenvalue weighted by atomic mass is 16.5. The maximum Gasteiger partial charge on any atom is 0.227 e. The van der Waals surface area contributed by atoms with Gasteiger partial charge in [-0.1, -0.05) is 35.9 Å². The average molecular weight is 306 g/mol. The van der Waals surface area contributed by atoms with Gasteiger partial charge in [-0.2, -0.15) is 5.10 Å². The van der Waals surface area contributed by atoms with Crippen molar-refractivity contribution in [1.82, 2.24) is 5.43 Å². The predicted molar refractivity (Wildman–Crippen MR) is 91.6 cm³/mol. The number of methoxy groups -OCH3 is 1. The summed E-state index contributed by atoms with van der Waals surface area (Å²) in [6, 6.07) is 14.5. The zero-order valence-electron chi connectivity index (χ0n) is 13.2. The van der Waals surface area contributed by atoms with Crippen molar-refractivity contribution in [2.45, 2.75) is 13.3 Å². The van der Waals surface area contributed by atoms with Crippen molar-refractivity contribution in [2.24, 2.45) is 5.10 Å². The summed E-state index contributed by atoms with van der Waals surface area (Å²) < 4.78 is 5.49. The molecule has 2 aromatic rings. The first kappa shape index (κ1) is 15.0. The van der Waals surface area contributed by atoms with Gasteiger partial charge in [0.1, 0.15) is 5.75 Å². The highest BCUT2D eigenvalue weighted by Gasteiger charge is 2.22. The number of hydrogen-bond acceptors (Lipinski definition) is 3. The number of hydrogen-bond donors (Lipinski definition) is 1. The van der Waals surface area contributed by atoms with Crippen LogP contribution in [-0.4, -0.2) is 19.7 Å². The van der Waals surface area contributed by atoms with E-state index in [1.165, 1.54) is 27.8 Å². The molecule has 2 aromatic carbocycles. The molecule has 116 valence electrons. The Morgan fingerprint density at radius 1 is 1.22 bits per heavy atom. The third kappa shape index (κ3) is 2.88. The van der Waals surface area contributed by atoms with Crippen LogP contribution in [0.5, 0.6) is 5.75 Å². The molecule has 0 saturated heterocycles. The summed E-state index contributed by atoms with van der Waals surface area (Å²) in [7, 11) is 1.64. The summed E-state index contributed by atoms with van der Waals surface area (Å²) in [4.78, 5) is 10.3. The van der Waals surface area contributed by atoms with Crippen molar-refractivity contribution in [3.8, 4) is 5.75 Å². The molecule has 0 saturated carbocycles. The summed E-state index contributed by atoms with van der Waals surface area (Å²) >= 11 is 0. The Labute approximate surface area is 135 Å². The van der Waals surface area contributed by atoms with E-state index < -0.39 is 0 Å². The molecule has 0 fully saturated rings. The quantitative estimate of drug-likeness (QED) is 0.524. The standard InChI is InChI=1S/C19H18N2O2/c1-13-8-15-9-16(11-20-21-12-22)18(23-2)10-17(15)19(13)14-6-4-3-5-7-14/h3-7,9-12H,8H2,1-2H3,(H,21,22). The number of benzene rings is 2. The largest absolute Gasteiger partial charge is 0.496 e. The monoisotopic (exact) mass is 306 g/mol. The molecule has 3 rings (SSSR count). The van der Waals surface area contributed by atoms with E-state index in [1.54, 1.807) is 13.3 Å². The molecular weight excluding hydrogens is 288 g/mol. The Kier molecular flexibility index (Phi) is 4.24. The Hall–Kier alpha value is -2.88. The number of nitrogens with one attached hydrogen (secondary N) is 1. The zero-order valence-corrected chi connectivity index (χ0v) is 13.2. The van der Waals surface area contributed by atoms with Crippen molar-refractivity contribution in [1.29, 1.82) is 0 Å². The van der Waals surface area contributed by atoms with Crippen molar-refractivity contribution in [3.05, 3.63) is 70.3 Å². The predicted octanol–water partition coefficient (Wildman–Crippen LogP) is 3.15. The van der Waals surface area contributed by atoms with Gasteiger partial charge in [0.2, 0.25) is 6.41 Å². The van der Waals surface area contributed by atoms with E-state index in [0.29, 0.717) is 6.41 Å². The lowest BCUT2D eigenvalue weighted by atomic mass is 9.96. The third-order valence-corrected chi connectivity index (χ3v) is 4.00. The zero-order chi connectivity index (χ0) is 16.2. The van der Waals surface area contributed by atoms with Crippen molar-refractivity contribution in [2.75, 3.05) is 7.11 Å². The number of carbonyl (C=O) groups excluding carboxylic acids is 1. The highest BCUT2D eigenvalue weighted by Crippen LogP contribution is 2.40. The molecule has 0 aliphatic heterocycles. The van der Waals surface area contributed by atoms with Crippen LogP contribution in [0, 0.1) is 0 Å². The molecule has 0 heterocycles. The molecule has 0 atom stereocenters. The summed E-state index contributed by atoms with van der Waals surface area (Å²) in [5.74, 6) is 0.739. The van der Waals surface area contributed by atoms with E-state index in [0.717, 1.165) is 17.7 Å². The lowest BCUT2D eigenvalue weighted by Gasteiger charge is -2.11. The number of ether oxygens (including phenoxy) is 1. The molecule has 0 bridgehead atoms. The van der Waals surface area contributed by atoms with Crippen LogP contribution < -0.4 is 10.2 Å².